The smallest absolute Gasteiger partial charge is 0.323 e. The molecular formula is C16H15NO4. The molecule has 0 aliphatic rings. The monoisotopic (exact) mass is 285 g/mol. The summed E-state index contributed by atoms with van der Waals surface area (Å²) in [6, 6.07) is 13.0. The molecule has 0 bridgehead atoms. The molecule has 0 aromatic heterocycles. The maximum absolute atomic E-state index is 12.5. The Hall–Kier alpha value is -2.82. The number of carbonyl (C=O) groups excluding carboxylic acids is 1. The molecule has 108 valence electrons. The number of hydrogen-bond acceptors (Lipinski definition) is 3. The fraction of sp³-hybridized carbons (Fsp3) is 0.125. The van der Waals surface area contributed by atoms with E-state index in [4.69, 9.17) is 5.11 Å². The summed E-state index contributed by atoms with van der Waals surface area (Å²) in [6.45, 7) is 1.25. The van der Waals surface area contributed by atoms with E-state index in [1.807, 2.05) is 0 Å². The molecule has 1 amide bonds. The van der Waals surface area contributed by atoms with Crippen molar-refractivity contribution in [1.82, 2.24) is 0 Å². The third-order valence-corrected chi connectivity index (χ3v) is 3.05. The number of anilines is 1. The van der Waals surface area contributed by atoms with E-state index in [0.717, 1.165) is 0 Å². The third-order valence-electron chi connectivity index (χ3n) is 3.05. The van der Waals surface area contributed by atoms with Crippen LogP contribution in [0.25, 0.3) is 0 Å². The molecule has 2 N–H and O–H groups in total. The van der Waals surface area contributed by atoms with E-state index in [9.17, 15) is 14.7 Å². The number of rotatable bonds is 4. The minimum atomic E-state index is -1.09. The number of carbonyl (C=O) groups is 2. The Balaban J connectivity index is 2.38. The van der Waals surface area contributed by atoms with E-state index in [0.29, 0.717) is 16.8 Å². The molecule has 5 nitrogen and oxygen atoms in total. The van der Waals surface area contributed by atoms with Crippen LogP contribution in [0.1, 0.15) is 15.9 Å². The van der Waals surface area contributed by atoms with E-state index in [1.165, 1.54) is 23.1 Å². The van der Waals surface area contributed by atoms with Gasteiger partial charge in [0, 0.05) is 11.3 Å². The predicted molar refractivity (Wildman–Crippen MR) is 78.6 cm³/mol. The molecule has 0 saturated heterocycles. The second kappa shape index (κ2) is 6.09. The highest BCUT2D eigenvalue weighted by atomic mass is 16.4. The normalized spacial score (nSPS) is 10.1. The lowest BCUT2D eigenvalue weighted by Gasteiger charge is -2.21. The summed E-state index contributed by atoms with van der Waals surface area (Å²) in [5.41, 5.74) is 1.40. The first kappa shape index (κ1) is 14.6. The van der Waals surface area contributed by atoms with Crippen molar-refractivity contribution in [3.05, 3.63) is 59.7 Å². The van der Waals surface area contributed by atoms with Gasteiger partial charge in [0.1, 0.15) is 12.3 Å². The number of aryl methyl sites for hydroxylation is 1. The average Bonchev–Trinajstić information content (AvgIpc) is 2.47. The van der Waals surface area contributed by atoms with Crippen molar-refractivity contribution in [2.24, 2.45) is 0 Å². The van der Waals surface area contributed by atoms with Gasteiger partial charge in [0.05, 0.1) is 0 Å². The van der Waals surface area contributed by atoms with Crippen LogP contribution in [0, 0.1) is 6.92 Å². The van der Waals surface area contributed by atoms with Crippen LogP contribution in [-0.2, 0) is 4.79 Å². The highest BCUT2D eigenvalue weighted by molar-refractivity contribution is 6.08. The molecule has 2 aromatic carbocycles. The molecule has 0 unspecified atom stereocenters. The summed E-state index contributed by atoms with van der Waals surface area (Å²) in [7, 11) is 0. The van der Waals surface area contributed by atoms with Gasteiger partial charge in [-0.15, -0.1) is 0 Å². The summed E-state index contributed by atoms with van der Waals surface area (Å²) in [5.74, 6) is -1.43. The number of nitrogens with zero attached hydrogens (tertiary/aromatic N) is 1. The van der Waals surface area contributed by atoms with Gasteiger partial charge in [0.15, 0.2) is 0 Å². The van der Waals surface area contributed by atoms with Crippen molar-refractivity contribution in [3.8, 4) is 5.75 Å². The number of hydrogen-bond donors (Lipinski definition) is 2. The molecule has 2 rings (SSSR count). The molecule has 0 heterocycles. The number of aromatic hydroxyl groups is 1. The topological polar surface area (TPSA) is 77.8 Å². The van der Waals surface area contributed by atoms with Crippen molar-refractivity contribution < 1.29 is 19.8 Å². The van der Waals surface area contributed by atoms with Crippen molar-refractivity contribution in [3.63, 3.8) is 0 Å². The van der Waals surface area contributed by atoms with Crippen molar-refractivity contribution in [1.29, 1.82) is 0 Å². The standard InChI is InChI=1S/C16H15NO4/c1-11-9-12(7-8-14(11)18)16(21)17(10-15(19)20)13-5-3-2-4-6-13/h2-9,18H,10H2,1H3,(H,19,20). The van der Waals surface area contributed by atoms with Gasteiger partial charge in [-0.05, 0) is 42.8 Å². The van der Waals surface area contributed by atoms with E-state index in [-0.39, 0.29) is 5.75 Å². The fourth-order valence-corrected chi connectivity index (χ4v) is 1.97. The quantitative estimate of drug-likeness (QED) is 0.904. The number of amides is 1. The van der Waals surface area contributed by atoms with Crippen LogP contribution in [-0.4, -0.2) is 28.6 Å². The molecule has 0 saturated carbocycles. The minimum absolute atomic E-state index is 0.0936. The van der Waals surface area contributed by atoms with Gasteiger partial charge in [-0.1, -0.05) is 18.2 Å². The van der Waals surface area contributed by atoms with Gasteiger partial charge >= 0.3 is 5.97 Å². The molecule has 5 heteroatoms. The zero-order valence-electron chi connectivity index (χ0n) is 11.5. The van der Waals surface area contributed by atoms with E-state index in [1.54, 1.807) is 37.3 Å². The lowest BCUT2D eigenvalue weighted by Crippen LogP contribution is -2.35. The summed E-state index contributed by atoms with van der Waals surface area (Å²) in [4.78, 5) is 24.7. The van der Waals surface area contributed by atoms with E-state index < -0.39 is 18.4 Å². The van der Waals surface area contributed by atoms with Crippen molar-refractivity contribution >= 4 is 17.6 Å². The van der Waals surface area contributed by atoms with Crippen LogP contribution >= 0.6 is 0 Å². The predicted octanol–water partition coefficient (Wildman–Crippen LogP) is 2.43. The SMILES string of the molecule is Cc1cc(C(=O)N(CC(=O)O)c2ccccc2)ccc1O. The Morgan fingerprint density at radius 3 is 2.33 bits per heavy atom. The van der Waals surface area contributed by atoms with Gasteiger partial charge in [0.2, 0.25) is 0 Å². The average molecular weight is 285 g/mol. The Morgan fingerprint density at radius 1 is 1.10 bits per heavy atom. The molecule has 0 radical (unpaired) electrons. The van der Waals surface area contributed by atoms with Crippen LogP contribution in [0.3, 0.4) is 0 Å². The summed E-state index contributed by atoms with van der Waals surface area (Å²) >= 11 is 0. The maximum Gasteiger partial charge on any atom is 0.323 e. The summed E-state index contributed by atoms with van der Waals surface area (Å²) < 4.78 is 0. The molecule has 0 atom stereocenters. The molecule has 0 aliphatic carbocycles. The first-order valence-electron chi connectivity index (χ1n) is 6.37. The number of phenolic OH excluding ortho intramolecular Hbond substituents is 1. The highest BCUT2D eigenvalue weighted by Gasteiger charge is 2.20. The number of aliphatic carboxylic acids is 1. The molecular weight excluding hydrogens is 270 g/mol. The lowest BCUT2D eigenvalue weighted by atomic mass is 10.1. The fourth-order valence-electron chi connectivity index (χ4n) is 1.97. The lowest BCUT2D eigenvalue weighted by molar-refractivity contribution is -0.135. The zero-order chi connectivity index (χ0) is 15.4. The number of benzene rings is 2. The Morgan fingerprint density at radius 2 is 1.76 bits per heavy atom. The highest BCUT2D eigenvalue weighted by Crippen LogP contribution is 2.21. The maximum atomic E-state index is 12.5. The van der Waals surface area contributed by atoms with Gasteiger partial charge < -0.3 is 10.2 Å². The number of para-hydroxylation sites is 1. The number of phenols is 1. The Kier molecular flexibility index (Phi) is 4.23. The first-order chi connectivity index (χ1) is 9.99. The second-order valence-electron chi connectivity index (χ2n) is 4.62. The van der Waals surface area contributed by atoms with E-state index >= 15 is 0 Å². The molecule has 0 spiro atoms. The number of carboxylic acid groups (broad SMARTS) is 1. The van der Waals surface area contributed by atoms with Crippen molar-refractivity contribution in [2.75, 3.05) is 11.4 Å². The molecule has 0 aliphatic heterocycles. The van der Waals surface area contributed by atoms with Crippen LogP contribution in [0.5, 0.6) is 5.75 Å². The first-order valence-corrected chi connectivity index (χ1v) is 6.37. The Labute approximate surface area is 122 Å². The summed E-state index contributed by atoms with van der Waals surface area (Å²) in [6.07, 6.45) is 0. The molecule has 0 fully saturated rings. The third kappa shape index (κ3) is 3.39. The second-order valence-corrected chi connectivity index (χ2v) is 4.62. The largest absolute Gasteiger partial charge is 0.508 e. The van der Waals surface area contributed by atoms with Crippen LogP contribution < -0.4 is 4.90 Å². The van der Waals surface area contributed by atoms with E-state index in [2.05, 4.69) is 0 Å². The van der Waals surface area contributed by atoms with Crippen molar-refractivity contribution in [2.45, 2.75) is 6.92 Å². The van der Waals surface area contributed by atoms with Crippen LogP contribution in [0.2, 0.25) is 0 Å². The van der Waals surface area contributed by atoms with Gasteiger partial charge in [-0.2, -0.15) is 0 Å². The van der Waals surface area contributed by atoms with Gasteiger partial charge in [-0.25, -0.2) is 0 Å². The minimum Gasteiger partial charge on any atom is -0.508 e. The number of carboxylic acids is 1. The van der Waals surface area contributed by atoms with Gasteiger partial charge in [0.25, 0.3) is 5.91 Å². The molecule has 2 aromatic rings. The summed E-state index contributed by atoms with van der Waals surface area (Å²) in [5, 5.41) is 18.5. The van der Waals surface area contributed by atoms with Crippen LogP contribution in [0.15, 0.2) is 48.5 Å². The zero-order valence-corrected chi connectivity index (χ0v) is 11.5. The Bertz CT molecular complexity index is 667. The van der Waals surface area contributed by atoms with Gasteiger partial charge in [-0.3, -0.25) is 14.5 Å². The van der Waals surface area contributed by atoms with Crippen LogP contribution in [0.4, 0.5) is 5.69 Å². The molecule has 21 heavy (non-hydrogen) atoms.